The van der Waals surface area contributed by atoms with Crippen LogP contribution in [-0.4, -0.2) is 42.5 Å². The number of nitrogens with zero attached hydrogens (tertiary/aromatic N) is 1. The summed E-state index contributed by atoms with van der Waals surface area (Å²) < 4.78 is 5.44. The second-order valence-electron chi connectivity index (χ2n) is 7.78. The second-order valence-corrected chi connectivity index (χ2v) is 7.78. The first kappa shape index (κ1) is 21.9. The summed E-state index contributed by atoms with van der Waals surface area (Å²) in [6.45, 7) is 5.96. The van der Waals surface area contributed by atoms with Gasteiger partial charge in [0.25, 0.3) is 5.91 Å². The van der Waals surface area contributed by atoms with Gasteiger partial charge in [0.1, 0.15) is 5.75 Å². The number of hydrogen-bond acceptors (Lipinski definition) is 3. The van der Waals surface area contributed by atoms with Gasteiger partial charge in [0.15, 0.2) is 0 Å². The molecule has 2 aromatic rings. The van der Waals surface area contributed by atoms with Gasteiger partial charge in [-0.2, -0.15) is 0 Å². The molecule has 1 fully saturated rings. The summed E-state index contributed by atoms with van der Waals surface area (Å²) in [5.41, 5.74) is 1.74. The number of benzene rings is 2. The highest BCUT2D eigenvalue weighted by molar-refractivity contribution is 5.94. The Morgan fingerprint density at radius 2 is 1.70 bits per heavy atom. The molecule has 0 spiro atoms. The molecular weight excluding hydrogens is 376 g/mol. The fourth-order valence-corrected chi connectivity index (χ4v) is 3.99. The lowest BCUT2D eigenvalue weighted by Gasteiger charge is -2.33. The van der Waals surface area contributed by atoms with Crippen LogP contribution in [0.5, 0.6) is 5.75 Å². The Kier molecular flexibility index (Phi) is 7.89. The highest BCUT2D eigenvalue weighted by Crippen LogP contribution is 2.23. The first-order valence-electron chi connectivity index (χ1n) is 11.0. The summed E-state index contributed by atoms with van der Waals surface area (Å²) in [5.74, 6) is 0.797. The van der Waals surface area contributed by atoms with E-state index in [1.165, 1.54) is 0 Å². The predicted molar refractivity (Wildman–Crippen MR) is 119 cm³/mol. The number of hydrogen-bond donors (Lipinski definition) is 1. The predicted octanol–water partition coefficient (Wildman–Crippen LogP) is 4.39. The van der Waals surface area contributed by atoms with Crippen molar-refractivity contribution in [2.24, 2.45) is 0 Å². The second kappa shape index (κ2) is 10.8. The molecule has 30 heavy (non-hydrogen) atoms. The van der Waals surface area contributed by atoms with Crippen LogP contribution in [-0.2, 0) is 4.79 Å². The third-order valence-electron chi connectivity index (χ3n) is 5.64. The Bertz CT molecular complexity index is 812. The maximum atomic E-state index is 12.9. The van der Waals surface area contributed by atoms with E-state index < -0.39 is 0 Å². The number of rotatable bonds is 8. The SMILES string of the molecule is CCCC(C(=O)NC1CCN(C(=O)c2ccc(OCC)cc2)CC1)c1ccccc1. The van der Waals surface area contributed by atoms with Crippen molar-refractivity contribution in [1.82, 2.24) is 10.2 Å². The van der Waals surface area contributed by atoms with E-state index in [1.54, 1.807) is 0 Å². The monoisotopic (exact) mass is 408 g/mol. The molecule has 0 aromatic heterocycles. The lowest BCUT2D eigenvalue weighted by atomic mass is 9.92. The maximum absolute atomic E-state index is 12.9. The number of amides is 2. The highest BCUT2D eigenvalue weighted by Gasteiger charge is 2.27. The van der Waals surface area contributed by atoms with E-state index in [-0.39, 0.29) is 23.8 Å². The Morgan fingerprint density at radius 3 is 2.30 bits per heavy atom. The van der Waals surface area contributed by atoms with Gasteiger partial charge in [0.2, 0.25) is 5.91 Å². The first-order valence-corrected chi connectivity index (χ1v) is 11.0. The van der Waals surface area contributed by atoms with Gasteiger partial charge in [-0.05, 0) is 56.0 Å². The average molecular weight is 409 g/mol. The van der Waals surface area contributed by atoms with Gasteiger partial charge in [-0.15, -0.1) is 0 Å². The van der Waals surface area contributed by atoms with Crippen molar-refractivity contribution in [1.29, 1.82) is 0 Å². The molecule has 2 amide bonds. The van der Waals surface area contributed by atoms with Gasteiger partial charge in [0.05, 0.1) is 12.5 Å². The fraction of sp³-hybridized carbons (Fsp3) is 0.440. The van der Waals surface area contributed by atoms with Crippen molar-refractivity contribution in [2.75, 3.05) is 19.7 Å². The van der Waals surface area contributed by atoms with Gasteiger partial charge in [-0.1, -0.05) is 43.7 Å². The van der Waals surface area contributed by atoms with E-state index in [0.717, 1.165) is 37.0 Å². The van der Waals surface area contributed by atoms with Gasteiger partial charge in [-0.3, -0.25) is 9.59 Å². The van der Waals surface area contributed by atoms with Gasteiger partial charge in [0, 0.05) is 24.7 Å². The lowest BCUT2D eigenvalue weighted by molar-refractivity contribution is -0.123. The molecule has 1 N–H and O–H groups in total. The number of piperidine rings is 1. The summed E-state index contributed by atoms with van der Waals surface area (Å²) in [4.78, 5) is 27.6. The molecule has 0 aliphatic carbocycles. The zero-order valence-corrected chi connectivity index (χ0v) is 18.0. The molecule has 1 aliphatic rings. The van der Waals surface area contributed by atoms with E-state index in [1.807, 2.05) is 66.4 Å². The third kappa shape index (κ3) is 5.62. The van der Waals surface area contributed by atoms with Crippen molar-refractivity contribution in [3.8, 4) is 5.75 Å². The molecule has 1 unspecified atom stereocenters. The van der Waals surface area contributed by atoms with Crippen molar-refractivity contribution < 1.29 is 14.3 Å². The summed E-state index contributed by atoms with van der Waals surface area (Å²) in [7, 11) is 0. The molecule has 0 saturated carbocycles. The minimum atomic E-state index is -0.111. The minimum absolute atomic E-state index is 0.0379. The number of ether oxygens (including phenoxy) is 1. The molecule has 1 atom stereocenters. The number of carbonyl (C=O) groups excluding carboxylic acids is 2. The normalized spacial score (nSPS) is 15.5. The Hall–Kier alpha value is -2.82. The van der Waals surface area contributed by atoms with Gasteiger partial charge in [-0.25, -0.2) is 0 Å². The van der Waals surface area contributed by atoms with Crippen LogP contribution in [0.1, 0.15) is 61.4 Å². The van der Waals surface area contributed by atoms with Crippen LogP contribution < -0.4 is 10.1 Å². The van der Waals surface area contributed by atoms with Crippen LogP contribution in [0, 0.1) is 0 Å². The van der Waals surface area contributed by atoms with E-state index >= 15 is 0 Å². The average Bonchev–Trinajstić information content (AvgIpc) is 2.79. The molecule has 160 valence electrons. The van der Waals surface area contributed by atoms with E-state index in [9.17, 15) is 9.59 Å². The van der Waals surface area contributed by atoms with Crippen LogP contribution in [0.15, 0.2) is 54.6 Å². The topological polar surface area (TPSA) is 58.6 Å². The molecular formula is C25H32N2O3. The van der Waals surface area contributed by atoms with Crippen molar-refractivity contribution in [3.63, 3.8) is 0 Å². The Morgan fingerprint density at radius 1 is 1.03 bits per heavy atom. The van der Waals surface area contributed by atoms with Crippen LogP contribution in [0.4, 0.5) is 0 Å². The minimum Gasteiger partial charge on any atom is -0.494 e. The van der Waals surface area contributed by atoms with Gasteiger partial charge < -0.3 is 15.0 Å². The number of carbonyl (C=O) groups is 2. The molecule has 5 heteroatoms. The van der Waals surface area contributed by atoms with Crippen molar-refractivity contribution >= 4 is 11.8 Å². The van der Waals surface area contributed by atoms with Crippen molar-refractivity contribution in [3.05, 3.63) is 65.7 Å². The Balaban J connectivity index is 1.53. The molecule has 1 heterocycles. The van der Waals surface area contributed by atoms with Crippen LogP contribution in [0.2, 0.25) is 0 Å². The zero-order valence-electron chi connectivity index (χ0n) is 18.0. The van der Waals surface area contributed by atoms with E-state index in [4.69, 9.17) is 4.74 Å². The van der Waals surface area contributed by atoms with Crippen molar-refractivity contribution in [2.45, 2.75) is 51.5 Å². The maximum Gasteiger partial charge on any atom is 0.253 e. The largest absolute Gasteiger partial charge is 0.494 e. The first-order chi connectivity index (χ1) is 14.6. The summed E-state index contributed by atoms with van der Waals surface area (Å²) in [6, 6.07) is 17.4. The van der Waals surface area contributed by atoms with Crippen LogP contribution >= 0.6 is 0 Å². The fourth-order valence-electron chi connectivity index (χ4n) is 3.99. The molecule has 1 saturated heterocycles. The lowest BCUT2D eigenvalue weighted by Crippen LogP contribution is -2.47. The van der Waals surface area contributed by atoms with E-state index in [0.29, 0.717) is 25.3 Å². The quantitative estimate of drug-likeness (QED) is 0.705. The smallest absolute Gasteiger partial charge is 0.253 e. The third-order valence-corrected chi connectivity index (χ3v) is 5.64. The summed E-state index contributed by atoms with van der Waals surface area (Å²) >= 11 is 0. The molecule has 0 radical (unpaired) electrons. The zero-order chi connectivity index (χ0) is 21.3. The Labute approximate surface area is 179 Å². The molecule has 5 nitrogen and oxygen atoms in total. The molecule has 2 aromatic carbocycles. The molecule has 0 bridgehead atoms. The summed E-state index contributed by atoms with van der Waals surface area (Å²) in [6.07, 6.45) is 3.36. The van der Waals surface area contributed by atoms with Crippen LogP contribution in [0.25, 0.3) is 0 Å². The highest BCUT2D eigenvalue weighted by atomic mass is 16.5. The summed E-state index contributed by atoms with van der Waals surface area (Å²) in [5, 5.41) is 3.23. The molecule has 3 rings (SSSR count). The molecule has 1 aliphatic heterocycles. The number of likely N-dealkylation sites (tertiary alicyclic amines) is 1. The number of nitrogens with one attached hydrogen (secondary N) is 1. The van der Waals surface area contributed by atoms with Crippen LogP contribution in [0.3, 0.4) is 0 Å². The standard InChI is InChI=1S/C25H32N2O3/c1-3-8-23(19-9-6-5-7-10-19)24(28)26-21-15-17-27(18-16-21)25(29)20-11-13-22(14-12-20)30-4-2/h5-7,9-14,21,23H,3-4,8,15-18H2,1-2H3,(H,26,28). The van der Waals surface area contributed by atoms with E-state index in [2.05, 4.69) is 12.2 Å². The van der Waals surface area contributed by atoms with Gasteiger partial charge >= 0.3 is 0 Å².